The number of anilines is 3. The SMILES string of the molecule is CNc1cc(Nc2cccn([C@@H]3CCOC[C@@H]3OC)c2=O)nc2c(C(=O)NC3CC[C@@H]3F)cnn12. The molecule has 0 bridgehead atoms. The first-order valence-electron chi connectivity index (χ1n) is 11.6. The van der Waals surface area contributed by atoms with E-state index in [0.29, 0.717) is 49.8 Å². The number of pyridine rings is 1. The molecule has 1 saturated carbocycles. The molecule has 4 atom stereocenters. The molecule has 4 heterocycles. The normalized spacial score (nSPS) is 24.1. The Hall–Kier alpha value is -3.51. The van der Waals surface area contributed by atoms with Gasteiger partial charge in [-0.1, -0.05) is 0 Å². The number of amides is 1. The number of nitrogens with zero attached hydrogens (tertiary/aromatic N) is 4. The minimum atomic E-state index is -1.03. The Morgan fingerprint density at radius 3 is 2.89 bits per heavy atom. The van der Waals surface area contributed by atoms with Gasteiger partial charge in [-0.25, -0.2) is 9.37 Å². The van der Waals surface area contributed by atoms with Crippen molar-refractivity contribution in [2.75, 3.05) is 38.0 Å². The molecule has 5 rings (SSSR count). The Kier molecular flexibility index (Phi) is 6.39. The van der Waals surface area contributed by atoms with E-state index in [9.17, 15) is 14.0 Å². The first-order chi connectivity index (χ1) is 17.0. The van der Waals surface area contributed by atoms with Crippen LogP contribution in [0, 0.1) is 0 Å². The first-order valence-corrected chi connectivity index (χ1v) is 11.6. The molecule has 35 heavy (non-hydrogen) atoms. The molecule has 0 spiro atoms. The lowest BCUT2D eigenvalue weighted by atomic mass is 9.90. The van der Waals surface area contributed by atoms with Crippen LogP contribution in [0.15, 0.2) is 35.4 Å². The van der Waals surface area contributed by atoms with Crippen LogP contribution in [0.2, 0.25) is 0 Å². The summed E-state index contributed by atoms with van der Waals surface area (Å²) in [5.74, 6) is 0.475. The van der Waals surface area contributed by atoms with Gasteiger partial charge in [-0.05, 0) is 31.4 Å². The Morgan fingerprint density at radius 1 is 1.31 bits per heavy atom. The third-order valence-corrected chi connectivity index (χ3v) is 6.65. The van der Waals surface area contributed by atoms with Crippen molar-refractivity contribution in [1.29, 1.82) is 0 Å². The second kappa shape index (κ2) is 9.62. The predicted octanol–water partition coefficient (Wildman–Crippen LogP) is 1.88. The topological polar surface area (TPSA) is 124 Å². The third-order valence-electron chi connectivity index (χ3n) is 6.65. The summed E-state index contributed by atoms with van der Waals surface area (Å²) in [5.41, 5.74) is 0.610. The Morgan fingerprint density at radius 2 is 2.17 bits per heavy atom. The van der Waals surface area contributed by atoms with E-state index < -0.39 is 18.1 Å². The highest BCUT2D eigenvalue weighted by Crippen LogP contribution is 2.26. The number of rotatable bonds is 7. The molecule has 0 radical (unpaired) electrons. The zero-order valence-electron chi connectivity index (χ0n) is 19.5. The van der Waals surface area contributed by atoms with Gasteiger partial charge < -0.3 is 30.0 Å². The highest BCUT2D eigenvalue weighted by Gasteiger charge is 2.33. The second-order valence-electron chi connectivity index (χ2n) is 8.71. The Balaban J connectivity index is 1.46. The van der Waals surface area contributed by atoms with Gasteiger partial charge in [0.05, 0.1) is 24.9 Å². The number of carbonyl (C=O) groups excluding carboxylic acids is 1. The zero-order valence-corrected chi connectivity index (χ0v) is 19.5. The maximum absolute atomic E-state index is 13.7. The molecular formula is C23H28FN7O4. The molecule has 1 unspecified atom stereocenters. The van der Waals surface area contributed by atoms with E-state index in [1.54, 1.807) is 43.1 Å². The van der Waals surface area contributed by atoms with E-state index in [-0.39, 0.29) is 28.9 Å². The average molecular weight is 486 g/mol. The molecule has 3 aromatic rings. The number of aromatic nitrogens is 4. The number of carbonyl (C=O) groups is 1. The number of nitrogens with one attached hydrogen (secondary N) is 3. The van der Waals surface area contributed by atoms with Crippen molar-refractivity contribution in [3.8, 4) is 0 Å². The van der Waals surface area contributed by atoms with Crippen molar-refractivity contribution in [2.24, 2.45) is 0 Å². The highest BCUT2D eigenvalue weighted by atomic mass is 19.1. The van der Waals surface area contributed by atoms with Gasteiger partial charge in [0.2, 0.25) is 0 Å². The molecule has 1 aliphatic carbocycles. The fraction of sp³-hybridized carbons (Fsp3) is 0.478. The van der Waals surface area contributed by atoms with E-state index in [2.05, 4.69) is 26.0 Å². The van der Waals surface area contributed by atoms with Crippen LogP contribution < -0.4 is 21.5 Å². The van der Waals surface area contributed by atoms with Crippen LogP contribution in [-0.2, 0) is 9.47 Å². The molecule has 3 aromatic heterocycles. The van der Waals surface area contributed by atoms with Crippen LogP contribution in [0.3, 0.4) is 0 Å². The molecule has 3 N–H and O–H groups in total. The minimum absolute atomic E-state index is 0.151. The summed E-state index contributed by atoms with van der Waals surface area (Å²) < 4.78 is 27.8. The standard InChI is InChI=1S/C23H28FN7O4/c1-25-20-10-19(29-21-13(11-26-31(20)21)22(32)28-15-6-5-14(15)24)27-16-4-3-8-30(23(16)33)17-7-9-35-12-18(17)34-2/h3-4,8,10-11,14-15,17-18,25H,5-7,9,12H2,1-2H3,(H,27,29)(H,28,32)/t14-,15?,17+,18-/m0/s1. The number of alkyl halides is 1. The maximum atomic E-state index is 13.7. The molecule has 1 aliphatic heterocycles. The molecule has 2 fully saturated rings. The van der Waals surface area contributed by atoms with Crippen molar-refractivity contribution < 1.29 is 18.7 Å². The van der Waals surface area contributed by atoms with Gasteiger partial charge in [-0.3, -0.25) is 9.59 Å². The quantitative estimate of drug-likeness (QED) is 0.464. The van der Waals surface area contributed by atoms with Crippen molar-refractivity contribution in [3.63, 3.8) is 0 Å². The van der Waals surface area contributed by atoms with Crippen molar-refractivity contribution >= 4 is 28.9 Å². The Labute approximate surface area is 200 Å². The summed E-state index contributed by atoms with van der Waals surface area (Å²) in [6, 6.07) is 4.50. The van der Waals surface area contributed by atoms with Crippen LogP contribution in [-0.4, -0.2) is 70.8 Å². The summed E-state index contributed by atoms with van der Waals surface area (Å²) in [6.07, 6.45) is 3.59. The number of fused-ring (bicyclic) bond motifs is 1. The van der Waals surface area contributed by atoms with Gasteiger partial charge in [-0.2, -0.15) is 9.61 Å². The Bertz CT molecular complexity index is 1290. The van der Waals surface area contributed by atoms with Gasteiger partial charge in [0, 0.05) is 33.0 Å². The molecule has 2 aliphatic rings. The number of hydrogen-bond acceptors (Lipinski definition) is 8. The predicted molar refractivity (Wildman–Crippen MR) is 127 cm³/mol. The molecular weight excluding hydrogens is 457 g/mol. The summed E-state index contributed by atoms with van der Waals surface area (Å²) in [5, 5.41) is 13.1. The van der Waals surface area contributed by atoms with Crippen LogP contribution in [0.4, 0.5) is 21.7 Å². The molecule has 1 saturated heterocycles. The lowest BCUT2D eigenvalue weighted by Crippen LogP contribution is -2.48. The lowest BCUT2D eigenvalue weighted by molar-refractivity contribution is -0.0609. The van der Waals surface area contributed by atoms with Crippen LogP contribution in [0.1, 0.15) is 35.7 Å². The molecule has 1 amide bonds. The number of methoxy groups -OCH3 is 1. The fourth-order valence-electron chi connectivity index (χ4n) is 4.48. The molecule has 12 heteroatoms. The summed E-state index contributed by atoms with van der Waals surface area (Å²) in [4.78, 5) is 30.6. The second-order valence-corrected chi connectivity index (χ2v) is 8.71. The van der Waals surface area contributed by atoms with Crippen molar-refractivity contribution in [3.05, 3.63) is 46.5 Å². The maximum Gasteiger partial charge on any atom is 0.274 e. The monoisotopic (exact) mass is 485 g/mol. The largest absolute Gasteiger partial charge is 0.379 e. The van der Waals surface area contributed by atoms with Crippen LogP contribution >= 0.6 is 0 Å². The van der Waals surface area contributed by atoms with E-state index in [4.69, 9.17) is 9.47 Å². The highest BCUT2D eigenvalue weighted by molar-refractivity contribution is 6.00. The van der Waals surface area contributed by atoms with E-state index in [1.165, 1.54) is 10.7 Å². The smallest absolute Gasteiger partial charge is 0.274 e. The minimum Gasteiger partial charge on any atom is -0.379 e. The summed E-state index contributed by atoms with van der Waals surface area (Å²) >= 11 is 0. The summed E-state index contributed by atoms with van der Waals surface area (Å²) in [6.45, 7) is 0.972. The number of ether oxygens (including phenoxy) is 2. The number of hydrogen-bond donors (Lipinski definition) is 3. The van der Waals surface area contributed by atoms with Crippen LogP contribution in [0.25, 0.3) is 5.65 Å². The molecule has 0 aromatic carbocycles. The average Bonchev–Trinajstić information content (AvgIpc) is 3.31. The summed E-state index contributed by atoms with van der Waals surface area (Å²) in [7, 11) is 3.32. The van der Waals surface area contributed by atoms with Crippen LogP contribution in [0.5, 0.6) is 0 Å². The first kappa shape index (κ1) is 23.2. The fourth-order valence-corrected chi connectivity index (χ4v) is 4.48. The van der Waals surface area contributed by atoms with E-state index >= 15 is 0 Å². The third kappa shape index (κ3) is 4.34. The van der Waals surface area contributed by atoms with Gasteiger partial charge in [-0.15, -0.1) is 0 Å². The van der Waals surface area contributed by atoms with Crippen molar-refractivity contribution in [1.82, 2.24) is 24.5 Å². The van der Waals surface area contributed by atoms with Crippen molar-refractivity contribution in [2.45, 2.75) is 43.6 Å². The van der Waals surface area contributed by atoms with Gasteiger partial charge in [0.1, 0.15) is 35.2 Å². The zero-order chi connectivity index (χ0) is 24.5. The number of halogens is 1. The molecule has 186 valence electrons. The lowest BCUT2D eigenvalue weighted by Gasteiger charge is -2.32. The van der Waals surface area contributed by atoms with E-state index in [0.717, 1.165) is 0 Å². The van der Waals surface area contributed by atoms with Gasteiger partial charge in [0.15, 0.2) is 5.65 Å². The molecule has 11 nitrogen and oxygen atoms in total. The van der Waals surface area contributed by atoms with Gasteiger partial charge >= 0.3 is 0 Å². The van der Waals surface area contributed by atoms with Gasteiger partial charge in [0.25, 0.3) is 11.5 Å². The van der Waals surface area contributed by atoms with E-state index in [1.807, 2.05) is 0 Å².